The molecule has 2 aliphatic heterocycles. The number of thioether (sulfide) groups is 2. The molecule has 2 heterocycles. The van der Waals surface area contributed by atoms with Crippen molar-refractivity contribution in [2.24, 2.45) is 29.6 Å². The van der Waals surface area contributed by atoms with Gasteiger partial charge in [0.05, 0.1) is 8.07 Å². The zero-order chi connectivity index (χ0) is 24.8. The number of rotatable bonds is 3. The molecule has 190 valence electrons. The van der Waals surface area contributed by atoms with Gasteiger partial charge in [-0.15, -0.1) is 23.5 Å². The predicted molar refractivity (Wildman–Crippen MR) is 164 cm³/mol. The minimum absolute atomic E-state index is 0.755. The van der Waals surface area contributed by atoms with E-state index >= 15 is 0 Å². The summed E-state index contributed by atoms with van der Waals surface area (Å²) >= 11 is 4.54. The maximum Gasteiger partial charge on any atom is 0.0566 e. The summed E-state index contributed by atoms with van der Waals surface area (Å²) in [6.07, 6.45) is 11.1. The molecule has 5 aliphatic rings. The third-order valence-corrected chi connectivity index (χ3v) is 19.6. The summed E-state index contributed by atoms with van der Waals surface area (Å²) in [4.78, 5) is 3.21. The predicted octanol–water partition coefficient (Wildman–Crippen LogP) is 10.1. The average Bonchev–Trinajstić information content (AvgIpc) is 3.57. The Morgan fingerprint density at radius 1 is 0.778 bits per heavy atom. The summed E-state index contributed by atoms with van der Waals surface area (Å²) < 4.78 is 0. The summed E-state index contributed by atoms with van der Waals surface area (Å²) in [5.41, 5.74) is 3.58. The number of hydrogen-bond acceptors (Lipinski definition) is 2. The van der Waals surface area contributed by atoms with Gasteiger partial charge in [0.1, 0.15) is 0 Å². The van der Waals surface area contributed by atoms with Crippen LogP contribution < -0.4 is 0 Å². The number of benzene rings is 2. The van der Waals surface area contributed by atoms with E-state index in [0.717, 1.165) is 57.1 Å². The Morgan fingerprint density at radius 2 is 1.44 bits per heavy atom. The fraction of sp³-hybridized carbons (Fsp3) is 0.576. The van der Waals surface area contributed by atoms with Crippen molar-refractivity contribution in [3.8, 4) is 0 Å². The minimum Gasteiger partial charge on any atom is -0.127 e. The topological polar surface area (TPSA) is 0 Å². The number of allylic oxidation sites excluding steroid dienone is 4. The van der Waals surface area contributed by atoms with Gasteiger partial charge in [-0.3, -0.25) is 0 Å². The molecule has 0 amide bonds. The van der Waals surface area contributed by atoms with Gasteiger partial charge in [0.25, 0.3) is 0 Å². The third-order valence-electron chi connectivity index (χ3n) is 11.2. The lowest BCUT2D eigenvalue weighted by atomic mass is 9.70. The van der Waals surface area contributed by atoms with E-state index in [9.17, 15) is 0 Å². The van der Waals surface area contributed by atoms with E-state index in [1.54, 1.807) is 15.4 Å². The highest BCUT2D eigenvalue weighted by Gasteiger charge is 2.63. The summed E-state index contributed by atoms with van der Waals surface area (Å²) in [6.45, 7) is 13.1. The first kappa shape index (κ1) is 24.2. The van der Waals surface area contributed by atoms with E-state index in [2.05, 4.69) is 112 Å². The SMILES string of the molecule is CC1=CC2C3C=C(C)SC3C([Si](C)(C)C3C(C)CC4C(c5cccc6ccccc56)CCCC43)C2S1. The van der Waals surface area contributed by atoms with Gasteiger partial charge in [-0.1, -0.05) is 87.5 Å². The van der Waals surface area contributed by atoms with Gasteiger partial charge in [-0.05, 0) is 99.4 Å². The molecule has 0 nitrogen and oxygen atoms in total. The first-order valence-electron chi connectivity index (χ1n) is 14.5. The second kappa shape index (κ2) is 8.81. The minimum atomic E-state index is -1.53. The van der Waals surface area contributed by atoms with Crippen molar-refractivity contribution in [3.05, 3.63) is 70.0 Å². The second-order valence-electron chi connectivity index (χ2n) is 13.4. The van der Waals surface area contributed by atoms with E-state index in [-0.39, 0.29) is 0 Å². The zero-order valence-electron chi connectivity index (χ0n) is 22.6. The van der Waals surface area contributed by atoms with E-state index < -0.39 is 8.07 Å². The molecule has 0 radical (unpaired) electrons. The maximum atomic E-state index is 2.85. The molecule has 9 atom stereocenters. The summed E-state index contributed by atoms with van der Waals surface area (Å²) in [5.74, 6) is 5.06. The highest BCUT2D eigenvalue weighted by atomic mass is 32.2. The standard InChI is InChI=1S/C33H42S2Si/c1-19-16-27-25(24-13-8-11-22-10-6-7-12-23(22)24)14-9-15-26(27)32(19)36(4,5)33-30-28(17-20(2)34-30)29-18-21(3)35-31(29)33/h6-8,10-13,17-19,25-33H,9,14-16H2,1-5H3. The lowest BCUT2D eigenvalue weighted by Crippen LogP contribution is -2.48. The molecule has 0 saturated heterocycles. The van der Waals surface area contributed by atoms with Crippen LogP contribution in [-0.4, -0.2) is 18.6 Å². The molecule has 7 rings (SSSR count). The van der Waals surface area contributed by atoms with Crippen molar-refractivity contribution in [1.29, 1.82) is 0 Å². The molecule has 36 heavy (non-hydrogen) atoms. The zero-order valence-corrected chi connectivity index (χ0v) is 25.2. The van der Waals surface area contributed by atoms with Gasteiger partial charge in [-0.25, -0.2) is 0 Å². The van der Waals surface area contributed by atoms with Gasteiger partial charge in [0, 0.05) is 10.5 Å². The summed E-state index contributed by atoms with van der Waals surface area (Å²) in [7, 11) is -1.53. The smallest absolute Gasteiger partial charge is 0.0566 e. The molecule has 3 aliphatic carbocycles. The normalized spacial score (nSPS) is 41.7. The van der Waals surface area contributed by atoms with Crippen LogP contribution in [0.15, 0.2) is 64.4 Å². The van der Waals surface area contributed by atoms with Crippen molar-refractivity contribution >= 4 is 42.4 Å². The van der Waals surface area contributed by atoms with Crippen molar-refractivity contribution in [2.45, 2.75) is 87.0 Å². The second-order valence-corrected chi connectivity index (χ2v) is 21.2. The van der Waals surface area contributed by atoms with Crippen LogP contribution in [0.1, 0.15) is 57.9 Å². The van der Waals surface area contributed by atoms with Crippen LogP contribution in [0.3, 0.4) is 0 Å². The van der Waals surface area contributed by atoms with Crippen LogP contribution in [-0.2, 0) is 0 Å². The molecule has 3 saturated carbocycles. The number of fused-ring (bicyclic) bond motifs is 5. The van der Waals surface area contributed by atoms with Crippen molar-refractivity contribution in [3.63, 3.8) is 0 Å². The van der Waals surface area contributed by atoms with Crippen molar-refractivity contribution in [1.82, 2.24) is 0 Å². The van der Waals surface area contributed by atoms with E-state index in [1.807, 2.05) is 0 Å². The van der Waals surface area contributed by atoms with Crippen molar-refractivity contribution in [2.75, 3.05) is 0 Å². The number of hydrogen-bond donors (Lipinski definition) is 0. The fourth-order valence-electron chi connectivity index (χ4n) is 10.3. The van der Waals surface area contributed by atoms with Gasteiger partial charge in [0.15, 0.2) is 0 Å². The largest absolute Gasteiger partial charge is 0.127 e. The lowest BCUT2D eigenvalue weighted by Gasteiger charge is -2.47. The fourth-order valence-corrected chi connectivity index (χ4v) is 21.4. The molecule has 9 unspecified atom stereocenters. The van der Waals surface area contributed by atoms with Gasteiger partial charge < -0.3 is 0 Å². The van der Waals surface area contributed by atoms with E-state index in [4.69, 9.17) is 0 Å². The molecule has 3 fully saturated rings. The van der Waals surface area contributed by atoms with E-state index in [0.29, 0.717) is 0 Å². The van der Waals surface area contributed by atoms with E-state index in [1.165, 1.54) is 36.5 Å². The summed E-state index contributed by atoms with van der Waals surface area (Å²) in [6, 6.07) is 16.3. The molecule has 0 aromatic heterocycles. The Balaban J connectivity index is 1.23. The van der Waals surface area contributed by atoms with Crippen LogP contribution in [0.25, 0.3) is 10.8 Å². The highest BCUT2D eigenvalue weighted by Crippen LogP contribution is 2.69. The highest BCUT2D eigenvalue weighted by molar-refractivity contribution is 8.05. The monoisotopic (exact) mass is 530 g/mol. The lowest BCUT2D eigenvalue weighted by molar-refractivity contribution is 0.237. The average molecular weight is 531 g/mol. The van der Waals surface area contributed by atoms with Crippen LogP contribution in [0.5, 0.6) is 0 Å². The van der Waals surface area contributed by atoms with Crippen LogP contribution in [0.2, 0.25) is 24.2 Å². The third kappa shape index (κ3) is 3.54. The molecular weight excluding hydrogens is 489 g/mol. The van der Waals surface area contributed by atoms with Crippen LogP contribution in [0.4, 0.5) is 0 Å². The molecule has 3 heteroatoms. The Hall–Kier alpha value is -0.903. The summed E-state index contributed by atoms with van der Waals surface area (Å²) in [5, 5.41) is 4.65. The molecular formula is C33H42S2Si. The first-order chi connectivity index (χ1) is 17.3. The van der Waals surface area contributed by atoms with Gasteiger partial charge in [0.2, 0.25) is 0 Å². The van der Waals surface area contributed by atoms with Crippen molar-refractivity contribution < 1.29 is 0 Å². The Morgan fingerprint density at radius 3 is 2.17 bits per heavy atom. The Kier molecular flexibility index (Phi) is 5.91. The van der Waals surface area contributed by atoms with Crippen LogP contribution >= 0.6 is 23.5 Å². The molecule has 0 N–H and O–H groups in total. The maximum absolute atomic E-state index is 2.85. The van der Waals surface area contributed by atoms with Gasteiger partial charge in [-0.2, -0.15) is 0 Å². The molecule has 0 spiro atoms. The molecule has 2 aromatic rings. The van der Waals surface area contributed by atoms with Crippen LogP contribution in [0, 0.1) is 29.6 Å². The van der Waals surface area contributed by atoms with Gasteiger partial charge >= 0.3 is 0 Å². The quantitative estimate of drug-likeness (QED) is 0.362. The Labute approximate surface area is 228 Å². The molecule has 0 bridgehead atoms. The molecule has 2 aromatic carbocycles. The first-order valence-corrected chi connectivity index (χ1v) is 19.4. The Bertz CT molecular complexity index is 1210.